The Kier molecular flexibility index (Phi) is 9.23. The number of carbonyl (C=O) groups is 1. The molecule has 0 unspecified atom stereocenters. The van der Waals surface area contributed by atoms with Crippen LogP contribution in [0.2, 0.25) is 5.02 Å². The molecule has 2 atom stereocenters. The Balaban J connectivity index is 1.63. The number of hydrogen-bond donors (Lipinski definition) is 0. The van der Waals surface area contributed by atoms with Crippen molar-refractivity contribution in [2.45, 2.75) is 71.0 Å². The summed E-state index contributed by atoms with van der Waals surface area (Å²) in [7, 11) is 0. The van der Waals surface area contributed by atoms with Crippen LogP contribution in [0, 0.1) is 0 Å². The summed E-state index contributed by atoms with van der Waals surface area (Å²) in [6, 6.07) is 14.1. The van der Waals surface area contributed by atoms with E-state index in [4.69, 9.17) is 25.8 Å². The van der Waals surface area contributed by atoms with Crippen molar-refractivity contribution in [3.05, 3.63) is 53.1 Å². The third kappa shape index (κ3) is 6.98. The van der Waals surface area contributed by atoms with Crippen molar-refractivity contribution in [3.63, 3.8) is 0 Å². The van der Waals surface area contributed by atoms with Gasteiger partial charge in [0.15, 0.2) is 0 Å². The number of halogens is 1. The van der Waals surface area contributed by atoms with Crippen molar-refractivity contribution in [2.24, 2.45) is 0 Å². The lowest BCUT2D eigenvalue weighted by Crippen LogP contribution is -2.28. The first-order valence-corrected chi connectivity index (χ1v) is 11.8. The van der Waals surface area contributed by atoms with Crippen LogP contribution in [-0.4, -0.2) is 25.3 Å². The summed E-state index contributed by atoms with van der Waals surface area (Å²) in [6.07, 6.45) is 6.38. The van der Waals surface area contributed by atoms with Gasteiger partial charge in [-0.05, 0) is 68.0 Å². The molecule has 0 radical (unpaired) electrons. The molecule has 2 aromatic rings. The fraction of sp³-hybridized carbons (Fsp3) is 0.500. The second-order valence-electron chi connectivity index (χ2n) is 8.01. The number of carbonyl (C=O) groups excluding carboxylic acids is 1. The smallest absolute Gasteiger partial charge is 0.305 e. The molecule has 31 heavy (non-hydrogen) atoms. The Hall–Kier alpha value is -2.04. The quantitative estimate of drug-likeness (QED) is 0.288. The highest BCUT2D eigenvalue weighted by molar-refractivity contribution is 6.33. The van der Waals surface area contributed by atoms with Crippen LogP contribution < -0.4 is 4.74 Å². The highest BCUT2D eigenvalue weighted by Crippen LogP contribution is 2.36. The summed E-state index contributed by atoms with van der Waals surface area (Å²) in [5.41, 5.74) is 3.13. The molecule has 0 spiro atoms. The molecule has 5 heteroatoms. The fourth-order valence-electron chi connectivity index (χ4n) is 3.91. The lowest BCUT2D eigenvalue weighted by atomic mass is 9.95. The van der Waals surface area contributed by atoms with E-state index in [9.17, 15) is 4.79 Å². The zero-order chi connectivity index (χ0) is 22.1. The number of unbranched alkanes of at least 4 members (excludes halogenated alkanes) is 2. The van der Waals surface area contributed by atoms with E-state index in [1.165, 1.54) is 0 Å². The minimum absolute atomic E-state index is 0.0174. The molecule has 2 aromatic carbocycles. The van der Waals surface area contributed by atoms with Gasteiger partial charge in [0.05, 0.1) is 18.8 Å². The highest BCUT2D eigenvalue weighted by atomic mass is 35.5. The van der Waals surface area contributed by atoms with Crippen LogP contribution in [0.3, 0.4) is 0 Å². The zero-order valence-electron chi connectivity index (χ0n) is 18.6. The number of rotatable bonds is 10. The van der Waals surface area contributed by atoms with Crippen molar-refractivity contribution in [1.82, 2.24) is 0 Å². The van der Waals surface area contributed by atoms with Gasteiger partial charge in [-0.25, -0.2) is 0 Å². The van der Waals surface area contributed by atoms with E-state index in [0.29, 0.717) is 24.7 Å². The van der Waals surface area contributed by atoms with Gasteiger partial charge in [-0.15, -0.1) is 0 Å². The average molecular weight is 445 g/mol. The maximum absolute atomic E-state index is 11.9. The van der Waals surface area contributed by atoms with Crippen molar-refractivity contribution < 1.29 is 19.0 Å². The van der Waals surface area contributed by atoms with Crippen LogP contribution in [0.5, 0.6) is 5.75 Å². The molecule has 0 N–H and O–H groups in total. The number of ether oxygens (including phenoxy) is 3. The Morgan fingerprint density at radius 3 is 2.65 bits per heavy atom. The van der Waals surface area contributed by atoms with Gasteiger partial charge in [-0.3, -0.25) is 4.79 Å². The average Bonchev–Trinajstić information content (AvgIpc) is 2.79. The van der Waals surface area contributed by atoms with E-state index in [1.807, 2.05) is 43.3 Å². The van der Waals surface area contributed by atoms with Gasteiger partial charge in [-0.2, -0.15) is 0 Å². The van der Waals surface area contributed by atoms with Crippen LogP contribution >= 0.6 is 11.6 Å². The van der Waals surface area contributed by atoms with Gasteiger partial charge in [0, 0.05) is 17.0 Å². The summed E-state index contributed by atoms with van der Waals surface area (Å²) < 4.78 is 17.3. The molecule has 1 aliphatic rings. The van der Waals surface area contributed by atoms with E-state index in [2.05, 4.69) is 13.0 Å². The van der Waals surface area contributed by atoms with Crippen molar-refractivity contribution in [1.29, 1.82) is 0 Å². The van der Waals surface area contributed by atoms with Gasteiger partial charge in [0.1, 0.15) is 12.4 Å². The van der Waals surface area contributed by atoms with E-state index in [1.54, 1.807) is 0 Å². The predicted octanol–water partition coefficient (Wildman–Crippen LogP) is 7.14. The monoisotopic (exact) mass is 444 g/mol. The molecule has 0 amide bonds. The molecule has 4 nitrogen and oxygen atoms in total. The topological polar surface area (TPSA) is 44.8 Å². The third-order valence-corrected chi connectivity index (χ3v) is 5.93. The van der Waals surface area contributed by atoms with Crippen LogP contribution in [0.1, 0.15) is 70.5 Å². The Labute approximate surface area is 190 Å². The van der Waals surface area contributed by atoms with Crippen molar-refractivity contribution >= 4 is 17.6 Å². The van der Waals surface area contributed by atoms with Crippen LogP contribution in [0.4, 0.5) is 0 Å². The first-order chi connectivity index (χ1) is 15.1. The molecule has 0 aromatic heterocycles. The van der Waals surface area contributed by atoms with Crippen molar-refractivity contribution in [3.8, 4) is 16.9 Å². The van der Waals surface area contributed by atoms with Gasteiger partial charge < -0.3 is 14.2 Å². The van der Waals surface area contributed by atoms with E-state index in [0.717, 1.165) is 61.0 Å². The maximum Gasteiger partial charge on any atom is 0.305 e. The molecule has 0 saturated carbocycles. The van der Waals surface area contributed by atoms with E-state index < -0.39 is 0 Å². The lowest BCUT2D eigenvalue weighted by Gasteiger charge is -2.30. The molecule has 168 valence electrons. The van der Waals surface area contributed by atoms with Crippen LogP contribution in [0.25, 0.3) is 11.1 Å². The zero-order valence-corrected chi connectivity index (χ0v) is 19.3. The highest BCUT2D eigenvalue weighted by Gasteiger charge is 2.25. The van der Waals surface area contributed by atoms with Gasteiger partial charge in [0.2, 0.25) is 0 Å². The Morgan fingerprint density at radius 1 is 1.10 bits per heavy atom. The van der Waals surface area contributed by atoms with Gasteiger partial charge in [0.25, 0.3) is 0 Å². The SMILES string of the molecule is CCCCCC(=O)OC[C@H]1CCC[C@@H](c2ccc(Cl)c(-c3ccc(OCC)cc3)c2)O1. The molecule has 0 bridgehead atoms. The number of esters is 1. The summed E-state index contributed by atoms with van der Waals surface area (Å²) in [6.45, 7) is 5.07. The summed E-state index contributed by atoms with van der Waals surface area (Å²) >= 11 is 6.51. The van der Waals surface area contributed by atoms with Crippen LogP contribution in [-0.2, 0) is 14.3 Å². The second kappa shape index (κ2) is 12.1. The lowest BCUT2D eigenvalue weighted by molar-refractivity contribution is -0.152. The van der Waals surface area contributed by atoms with Crippen molar-refractivity contribution in [2.75, 3.05) is 13.2 Å². The molecule has 0 aliphatic carbocycles. The van der Waals surface area contributed by atoms with Gasteiger partial charge >= 0.3 is 5.97 Å². The summed E-state index contributed by atoms with van der Waals surface area (Å²) in [5.74, 6) is 0.727. The maximum atomic E-state index is 11.9. The van der Waals surface area contributed by atoms with Gasteiger partial charge in [-0.1, -0.05) is 49.6 Å². The predicted molar refractivity (Wildman–Crippen MR) is 125 cm³/mol. The molecular weight excluding hydrogens is 412 g/mol. The first-order valence-electron chi connectivity index (χ1n) is 11.4. The minimum atomic E-state index is -0.122. The minimum Gasteiger partial charge on any atom is -0.494 e. The van der Waals surface area contributed by atoms with E-state index >= 15 is 0 Å². The largest absolute Gasteiger partial charge is 0.494 e. The third-order valence-electron chi connectivity index (χ3n) is 5.60. The number of hydrogen-bond acceptors (Lipinski definition) is 4. The molecule has 1 fully saturated rings. The molecule has 3 rings (SSSR count). The normalized spacial score (nSPS) is 18.5. The molecule has 1 saturated heterocycles. The standard InChI is InChI=1S/C26H33ClO4/c1-3-5-6-10-26(28)30-18-22-8-7-9-25(31-22)20-13-16-24(27)23(17-20)19-11-14-21(15-12-19)29-4-2/h11-17,22,25H,3-10,18H2,1-2H3/t22-,25+/m1/s1. The Bertz CT molecular complexity index is 834. The van der Waals surface area contributed by atoms with E-state index in [-0.39, 0.29) is 18.2 Å². The molecule has 1 aliphatic heterocycles. The summed E-state index contributed by atoms with van der Waals surface area (Å²) in [5, 5.41) is 0.710. The fourth-order valence-corrected chi connectivity index (χ4v) is 4.13. The summed E-state index contributed by atoms with van der Waals surface area (Å²) in [4.78, 5) is 11.9. The Morgan fingerprint density at radius 2 is 1.90 bits per heavy atom. The second-order valence-corrected chi connectivity index (χ2v) is 8.42. The number of benzene rings is 2. The van der Waals surface area contributed by atoms with Crippen LogP contribution in [0.15, 0.2) is 42.5 Å². The molecule has 1 heterocycles. The first kappa shape index (κ1) is 23.6. The molecular formula is C26H33ClO4.